The van der Waals surface area contributed by atoms with Crippen LogP contribution in [0.4, 0.5) is 0 Å². The van der Waals surface area contributed by atoms with Gasteiger partial charge in [0.2, 0.25) is 5.91 Å². The molecule has 1 aromatic heterocycles. The van der Waals surface area contributed by atoms with Crippen molar-refractivity contribution >= 4 is 41.5 Å². The van der Waals surface area contributed by atoms with Gasteiger partial charge in [0.15, 0.2) is 0 Å². The third kappa shape index (κ3) is 4.60. The Morgan fingerprint density at radius 2 is 1.96 bits per heavy atom. The summed E-state index contributed by atoms with van der Waals surface area (Å²) in [5, 5.41) is 8.84. The van der Waals surface area contributed by atoms with Crippen molar-refractivity contribution in [2.75, 3.05) is 6.54 Å². The van der Waals surface area contributed by atoms with Gasteiger partial charge in [-0.3, -0.25) is 4.79 Å². The quantitative estimate of drug-likeness (QED) is 0.747. The van der Waals surface area contributed by atoms with Gasteiger partial charge in [-0.05, 0) is 44.9 Å². The number of hydrogen-bond donors (Lipinski definition) is 2. The van der Waals surface area contributed by atoms with Gasteiger partial charge in [0.05, 0.1) is 28.4 Å². The summed E-state index contributed by atoms with van der Waals surface area (Å²) in [7, 11) is 0. The van der Waals surface area contributed by atoms with Gasteiger partial charge in [0, 0.05) is 22.8 Å². The molecule has 1 aromatic carbocycles. The van der Waals surface area contributed by atoms with Crippen LogP contribution in [0.25, 0.3) is 5.69 Å². The van der Waals surface area contributed by atoms with Crippen LogP contribution in [0.1, 0.15) is 42.6 Å². The number of nitrogens with one attached hydrogen (secondary N) is 1. The lowest BCUT2D eigenvalue weighted by Crippen LogP contribution is -2.52. The molecule has 0 bridgehead atoms. The van der Waals surface area contributed by atoms with Crippen LogP contribution in [0.5, 0.6) is 0 Å². The third-order valence-electron chi connectivity index (χ3n) is 5.27. The van der Waals surface area contributed by atoms with E-state index < -0.39 is 0 Å². The van der Waals surface area contributed by atoms with E-state index in [-0.39, 0.29) is 30.3 Å². The van der Waals surface area contributed by atoms with E-state index in [1.54, 1.807) is 16.8 Å². The van der Waals surface area contributed by atoms with Crippen molar-refractivity contribution in [2.45, 2.75) is 51.5 Å². The number of halogens is 3. The van der Waals surface area contributed by atoms with E-state index in [1.807, 2.05) is 19.9 Å². The van der Waals surface area contributed by atoms with Crippen LogP contribution in [0.15, 0.2) is 18.2 Å². The molecular weight excluding hydrogens is 407 g/mol. The number of hydrogen-bond acceptors (Lipinski definition) is 3. The van der Waals surface area contributed by atoms with E-state index in [1.165, 1.54) is 0 Å². The molecule has 3 N–H and O–H groups in total. The Labute approximate surface area is 176 Å². The van der Waals surface area contributed by atoms with E-state index in [0.29, 0.717) is 16.6 Å². The van der Waals surface area contributed by atoms with Gasteiger partial charge in [-0.1, -0.05) is 36.0 Å². The second-order valence-electron chi connectivity index (χ2n) is 7.07. The summed E-state index contributed by atoms with van der Waals surface area (Å²) in [6.45, 7) is 4.34. The summed E-state index contributed by atoms with van der Waals surface area (Å²) in [5.74, 6) is -0.00898. The smallest absolute Gasteiger partial charge is 0.225 e. The zero-order chi connectivity index (χ0) is 18.9. The Morgan fingerprint density at radius 1 is 1.30 bits per heavy atom. The Bertz CT molecular complexity index is 829. The molecule has 0 unspecified atom stereocenters. The zero-order valence-electron chi connectivity index (χ0n) is 15.5. The van der Waals surface area contributed by atoms with Crippen LogP contribution in [0, 0.1) is 13.8 Å². The van der Waals surface area contributed by atoms with E-state index in [0.717, 1.165) is 48.3 Å². The molecule has 2 aromatic rings. The van der Waals surface area contributed by atoms with Crippen LogP contribution in [-0.2, 0) is 11.2 Å². The minimum absolute atomic E-state index is 0. The lowest BCUT2D eigenvalue weighted by atomic mass is 9.97. The molecule has 3 rings (SSSR count). The summed E-state index contributed by atoms with van der Waals surface area (Å²) < 4.78 is 1.77. The first-order valence-corrected chi connectivity index (χ1v) is 9.62. The van der Waals surface area contributed by atoms with Gasteiger partial charge in [0.25, 0.3) is 0 Å². The Kier molecular flexibility index (Phi) is 7.20. The molecule has 1 aliphatic rings. The second kappa shape index (κ2) is 8.82. The number of nitrogens with zero attached hydrogens (tertiary/aromatic N) is 2. The molecule has 1 saturated carbocycles. The minimum atomic E-state index is -0.242. The van der Waals surface area contributed by atoms with Crippen molar-refractivity contribution in [2.24, 2.45) is 5.73 Å². The number of aromatic nitrogens is 2. The Morgan fingerprint density at radius 3 is 2.56 bits per heavy atom. The lowest BCUT2D eigenvalue weighted by Gasteiger charge is -2.28. The van der Waals surface area contributed by atoms with Crippen LogP contribution >= 0.6 is 35.6 Å². The fraction of sp³-hybridized carbons (Fsp3) is 0.474. The SMILES string of the molecule is Cc1nn(-c2ccc(Cl)cc2Cl)c(C)c1CC(=O)NC1(CN)CCCC1.Cl. The van der Waals surface area contributed by atoms with Gasteiger partial charge < -0.3 is 11.1 Å². The zero-order valence-corrected chi connectivity index (χ0v) is 17.8. The maximum atomic E-state index is 12.6. The number of benzene rings is 1. The molecule has 0 saturated heterocycles. The highest BCUT2D eigenvalue weighted by molar-refractivity contribution is 6.35. The standard InChI is InChI=1S/C19H24Cl2N4O.ClH/c1-12-15(10-18(26)23-19(11-22)7-3-4-8-19)13(2)25(24-12)17-6-5-14(20)9-16(17)21;/h5-6,9H,3-4,7-8,10-11,22H2,1-2H3,(H,23,26);1H. The number of carbonyl (C=O) groups is 1. The molecule has 0 aliphatic heterocycles. The van der Waals surface area contributed by atoms with E-state index in [2.05, 4.69) is 10.4 Å². The van der Waals surface area contributed by atoms with Gasteiger partial charge in [-0.15, -0.1) is 12.4 Å². The normalized spacial score (nSPS) is 15.4. The molecule has 1 heterocycles. The van der Waals surface area contributed by atoms with Crippen molar-refractivity contribution < 1.29 is 4.79 Å². The first kappa shape index (κ1) is 22.0. The van der Waals surface area contributed by atoms with Gasteiger partial charge >= 0.3 is 0 Å². The maximum Gasteiger partial charge on any atom is 0.225 e. The number of aryl methyl sites for hydroxylation is 1. The number of amides is 1. The Balaban J connectivity index is 0.00000261. The minimum Gasteiger partial charge on any atom is -0.349 e. The summed E-state index contributed by atoms with van der Waals surface area (Å²) in [4.78, 5) is 12.6. The van der Waals surface area contributed by atoms with E-state index >= 15 is 0 Å². The van der Waals surface area contributed by atoms with Crippen molar-refractivity contribution in [3.05, 3.63) is 45.2 Å². The average Bonchev–Trinajstić information content (AvgIpc) is 3.16. The summed E-state index contributed by atoms with van der Waals surface area (Å²) in [6, 6.07) is 5.29. The first-order valence-electron chi connectivity index (χ1n) is 8.87. The highest BCUT2D eigenvalue weighted by Crippen LogP contribution is 2.30. The molecule has 1 amide bonds. The van der Waals surface area contributed by atoms with Crippen molar-refractivity contribution in [1.29, 1.82) is 0 Å². The summed E-state index contributed by atoms with van der Waals surface area (Å²) >= 11 is 12.3. The molecule has 5 nitrogen and oxygen atoms in total. The number of carbonyl (C=O) groups excluding carboxylic acids is 1. The topological polar surface area (TPSA) is 72.9 Å². The van der Waals surface area contributed by atoms with Crippen LogP contribution in [0.2, 0.25) is 10.0 Å². The predicted molar refractivity (Wildman–Crippen MR) is 112 cm³/mol. The third-order valence-corrected chi connectivity index (χ3v) is 5.81. The molecule has 0 atom stereocenters. The molecule has 1 aliphatic carbocycles. The van der Waals surface area contributed by atoms with Crippen LogP contribution < -0.4 is 11.1 Å². The molecular formula is C19H25Cl3N4O. The number of nitrogens with two attached hydrogens (primary N) is 1. The first-order chi connectivity index (χ1) is 12.3. The van der Waals surface area contributed by atoms with Crippen molar-refractivity contribution in [3.63, 3.8) is 0 Å². The second-order valence-corrected chi connectivity index (χ2v) is 7.92. The summed E-state index contributed by atoms with van der Waals surface area (Å²) in [5.41, 5.74) is 9.06. The molecule has 0 spiro atoms. The predicted octanol–water partition coefficient (Wildman–Crippen LogP) is 4.15. The highest BCUT2D eigenvalue weighted by atomic mass is 35.5. The molecule has 27 heavy (non-hydrogen) atoms. The van der Waals surface area contributed by atoms with Crippen LogP contribution in [-0.4, -0.2) is 27.8 Å². The van der Waals surface area contributed by atoms with E-state index in [4.69, 9.17) is 28.9 Å². The van der Waals surface area contributed by atoms with E-state index in [9.17, 15) is 4.79 Å². The van der Waals surface area contributed by atoms with Gasteiger partial charge in [-0.25, -0.2) is 4.68 Å². The molecule has 0 radical (unpaired) electrons. The van der Waals surface area contributed by atoms with Gasteiger partial charge in [0.1, 0.15) is 0 Å². The lowest BCUT2D eigenvalue weighted by molar-refractivity contribution is -0.122. The van der Waals surface area contributed by atoms with Gasteiger partial charge in [-0.2, -0.15) is 5.10 Å². The fourth-order valence-electron chi connectivity index (χ4n) is 3.75. The number of rotatable bonds is 5. The largest absolute Gasteiger partial charge is 0.349 e. The fourth-order valence-corrected chi connectivity index (χ4v) is 4.24. The van der Waals surface area contributed by atoms with Crippen molar-refractivity contribution in [3.8, 4) is 5.69 Å². The molecule has 8 heteroatoms. The highest BCUT2D eigenvalue weighted by Gasteiger charge is 2.34. The maximum absolute atomic E-state index is 12.6. The van der Waals surface area contributed by atoms with Crippen molar-refractivity contribution in [1.82, 2.24) is 15.1 Å². The molecule has 148 valence electrons. The van der Waals surface area contributed by atoms with Crippen LogP contribution in [0.3, 0.4) is 0 Å². The Hall–Kier alpha value is -1.27. The molecule has 1 fully saturated rings. The summed E-state index contributed by atoms with van der Waals surface area (Å²) in [6.07, 6.45) is 4.41. The monoisotopic (exact) mass is 430 g/mol. The average molecular weight is 432 g/mol.